The first-order chi connectivity index (χ1) is 37.9. The zero-order chi connectivity index (χ0) is 57.2. The van der Waals surface area contributed by atoms with Crippen LogP contribution in [0.25, 0.3) is 0 Å². The van der Waals surface area contributed by atoms with Gasteiger partial charge in [-0.2, -0.15) is 0 Å². The Hall–Kier alpha value is -2.81. The van der Waals surface area contributed by atoms with Gasteiger partial charge in [0.15, 0.2) is 0 Å². The summed E-state index contributed by atoms with van der Waals surface area (Å²) in [6.45, 7) is 6.73. The number of rotatable bonds is 58. The molecule has 0 aromatic heterocycles. The molecule has 0 heterocycles. The fourth-order valence-electron chi connectivity index (χ4n) is 9.11. The van der Waals surface area contributed by atoms with Gasteiger partial charge in [-0.15, -0.1) is 0 Å². The van der Waals surface area contributed by atoms with Gasteiger partial charge in [0.2, 0.25) is 5.91 Å². The number of ether oxygens (including phenoxy) is 1. The lowest BCUT2D eigenvalue weighted by molar-refractivity contribution is -0.870. The van der Waals surface area contributed by atoms with E-state index in [2.05, 4.69) is 99.0 Å². The maximum Gasteiger partial charge on any atom is 0.306 e. The molecule has 0 radical (unpaired) electrons. The van der Waals surface area contributed by atoms with E-state index in [9.17, 15) is 19.0 Å². The Kier molecular flexibility index (Phi) is 55.4. The largest absolute Gasteiger partial charge is 0.756 e. The molecule has 9 nitrogen and oxygen atoms in total. The van der Waals surface area contributed by atoms with E-state index in [1.54, 1.807) is 0 Å². The number of hydrogen-bond acceptors (Lipinski definition) is 7. The van der Waals surface area contributed by atoms with Crippen LogP contribution >= 0.6 is 7.82 Å². The number of phosphoric acid groups is 1. The van der Waals surface area contributed by atoms with Gasteiger partial charge in [0.1, 0.15) is 19.3 Å². The lowest BCUT2D eigenvalue weighted by Gasteiger charge is -2.30. The zero-order valence-electron chi connectivity index (χ0n) is 51.6. The molecular weight excluding hydrogens is 988 g/mol. The van der Waals surface area contributed by atoms with Crippen molar-refractivity contribution in [1.82, 2.24) is 5.32 Å². The van der Waals surface area contributed by atoms with Crippen molar-refractivity contribution >= 4 is 19.7 Å². The van der Waals surface area contributed by atoms with Crippen molar-refractivity contribution < 1.29 is 37.3 Å². The van der Waals surface area contributed by atoms with Crippen LogP contribution in [-0.4, -0.2) is 69.4 Å². The van der Waals surface area contributed by atoms with E-state index in [0.29, 0.717) is 17.4 Å². The third-order valence-corrected chi connectivity index (χ3v) is 15.1. The SMILES string of the molecule is CC/C=C\C/C=C\C/C=C\C/C=C\C/C=C\C/C=C\CCCCCCCCCCC(=O)OC(/C=C\CCCCCCCCCCC)C(COP(=O)([O-])OCC[N+](C)(C)C)NC(=O)CCCCCCCCCCCCCCCC. The third kappa shape index (κ3) is 57.9. The van der Waals surface area contributed by atoms with E-state index < -0.39 is 26.6 Å². The number of hydrogen-bond donors (Lipinski definition) is 1. The molecule has 3 unspecified atom stereocenters. The van der Waals surface area contributed by atoms with Crippen LogP contribution in [0.3, 0.4) is 0 Å². The molecule has 0 aromatic carbocycles. The van der Waals surface area contributed by atoms with E-state index in [-0.39, 0.29) is 24.9 Å². The molecule has 1 amide bonds. The molecular formula is C68H123N2O7P. The molecule has 0 aliphatic rings. The summed E-state index contributed by atoms with van der Waals surface area (Å²) >= 11 is 0. The number of unbranched alkanes of at least 4 members (excludes halogenated alkanes) is 30. The summed E-state index contributed by atoms with van der Waals surface area (Å²) in [5, 5.41) is 3.03. The average Bonchev–Trinajstić information content (AvgIpc) is 3.40. The smallest absolute Gasteiger partial charge is 0.306 e. The van der Waals surface area contributed by atoms with Gasteiger partial charge in [-0.05, 0) is 83.1 Å². The van der Waals surface area contributed by atoms with E-state index in [4.69, 9.17) is 13.8 Å². The fourth-order valence-corrected chi connectivity index (χ4v) is 9.84. The molecule has 0 saturated heterocycles. The van der Waals surface area contributed by atoms with Crippen molar-refractivity contribution in [1.29, 1.82) is 0 Å². The number of allylic oxidation sites excluding steroid dienone is 13. The second-order valence-electron chi connectivity index (χ2n) is 22.9. The number of carbonyl (C=O) groups is 2. The first kappa shape index (κ1) is 75.2. The predicted octanol–water partition coefficient (Wildman–Crippen LogP) is 19.5. The summed E-state index contributed by atoms with van der Waals surface area (Å²) in [6, 6.07) is -0.892. The number of nitrogens with one attached hydrogen (secondary N) is 1. The van der Waals surface area contributed by atoms with Crippen molar-refractivity contribution in [3.63, 3.8) is 0 Å². The second-order valence-corrected chi connectivity index (χ2v) is 24.3. The average molecular weight is 1110 g/mol. The highest BCUT2D eigenvalue weighted by Gasteiger charge is 2.27. The fraction of sp³-hybridized carbons (Fsp3) is 0.765. The molecule has 0 aromatic rings. The highest BCUT2D eigenvalue weighted by molar-refractivity contribution is 7.45. The van der Waals surface area contributed by atoms with E-state index in [1.165, 1.54) is 141 Å². The number of likely N-dealkylation sites (N-methyl/N-ethyl adjacent to an activating group) is 1. The standard InChI is InChI=1S/C68H123N2O7P/c1-7-10-13-16-19-22-25-27-29-30-31-32-33-34-35-36-37-38-39-40-41-43-46-49-52-55-58-61-68(72)77-66(59-56-53-50-47-44-24-21-18-15-12-9-3)65(64-76-78(73,74)75-63-62-70(4,5)6)69-67(71)60-57-54-51-48-45-42-28-26-23-20-17-14-11-8-2/h10,13,19,22,27,29,31-32,34-35,37-38,56,59,65-66H,7-9,11-12,14-18,20-21,23-26,28,30,33,36,39-55,57-58,60-64H2,1-6H3,(H-,69,71,73,74)/b13-10-,22-19-,29-27-,32-31-,35-34-,38-37-,59-56-. The number of nitrogens with zero attached hydrogens (tertiary/aromatic N) is 1. The molecule has 1 N–H and O–H groups in total. The van der Waals surface area contributed by atoms with Crippen molar-refractivity contribution in [2.75, 3.05) is 40.9 Å². The van der Waals surface area contributed by atoms with Crippen LogP contribution in [-0.2, 0) is 27.9 Å². The van der Waals surface area contributed by atoms with Gasteiger partial charge in [-0.25, -0.2) is 0 Å². The van der Waals surface area contributed by atoms with Crippen molar-refractivity contribution in [2.45, 2.75) is 296 Å². The summed E-state index contributed by atoms with van der Waals surface area (Å²) < 4.78 is 30.3. The van der Waals surface area contributed by atoms with Gasteiger partial charge in [-0.3, -0.25) is 14.2 Å². The Morgan fingerprint density at radius 1 is 0.462 bits per heavy atom. The monoisotopic (exact) mass is 1110 g/mol. The van der Waals surface area contributed by atoms with Gasteiger partial charge >= 0.3 is 5.97 Å². The van der Waals surface area contributed by atoms with Crippen LogP contribution in [0.1, 0.15) is 284 Å². The minimum Gasteiger partial charge on any atom is -0.756 e. The van der Waals surface area contributed by atoms with Crippen LogP contribution in [0.15, 0.2) is 85.1 Å². The minimum atomic E-state index is -4.70. The third-order valence-electron chi connectivity index (χ3n) is 14.1. The first-order valence-electron chi connectivity index (χ1n) is 32.4. The van der Waals surface area contributed by atoms with Gasteiger partial charge < -0.3 is 28.5 Å². The Bertz CT molecular complexity index is 1610. The molecule has 0 saturated carbocycles. The summed E-state index contributed by atoms with van der Waals surface area (Å²) in [6.07, 6.45) is 75.5. The quantitative estimate of drug-likeness (QED) is 0.0212. The van der Waals surface area contributed by atoms with Crippen LogP contribution in [0.4, 0.5) is 0 Å². The Balaban J connectivity index is 5.08. The summed E-state index contributed by atoms with van der Waals surface area (Å²) in [5.74, 6) is -0.547. The van der Waals surface area contributed by atoms with E-state index >= 15 is 0 Å². The van der Waals surface area contributed by atoms with Gasteiger partial charge in [0.05, 0.1) is 33.8 Å². The molecule has 0 aliphatic carbocycles. The number of quaternary nitrogens is 1. The number of phosphoric ester groups is 1. The second kappa shape index (κ2) is 57.4. The lowest BCUT2D eigenvalue weighted by atomic mass is 10.0. The van der Waals surface area contributed by atoms with Gasteiger partial charge in [0.25, 0.3) is 7.82 Å². The first-order valence-corrected chi connectivity index (χ1v) is 33.9. The molecule has 10 heteroatoms. The molecule has 78 heavy (non-hydrogen) atoms. The number of amides is 1. The summed E-state index contributed by atoms with van der Waals surface area (Å²) in [7, 11) is 1.18. The highest BCUT2D eigenvalue weighted by Crippen LogP contribution is 2.38. The van der Waals surface area contributed by atoms with Crippen LogP contribution in [0, 0.1) is 0 Å². The van der Waals surface area contributed by atoms with Crippen LogP contribution in [0.2, 0.25) is 0 Å². The molecule has 452 valence electrons. The number of esters is 1. The molecule has 0 aliphatic heterocycles. The topological polar surface area (TPSA) is 114 Å². The van der Waals surface area contributed by atoms with E-state index in [0.717, 1.165) is 109 Å². The van der Waals surface area contributed by atoms with Gasteiger partial charge in [-0.1, -0.05) is 273 Å². The zero-order valence-corrected chi connectivity index (χ0v) is 52.5. The Morgan fingerprint density at radius 3 is 1.23 bits per heavy atom. The maximum absolute atomic E-state index is 13.5. The minimum absolute atomic E-state index is 0.0252. The molecule has 0 spiro atoms. The predicted molar refractivity (Wildman–Crippen MR) is 335 cm³/mol. The maximum atomic E-state index is 13.5. The molecule has 0 bridgehead atoms. The molecule has 3 atom stereocenters. The summed E-state index contributed by atoms with van der Waals surface area (Å²) in [4.78, 5) is 40.0. The lowest BCUT2D eigenvalue weighted by Crippen LogP contribution is -2.47. The molecule has 0 fully saturated rings. The van der Waals surface area contributed by atoms with Crippen molar-refractivity contribution in [3.8, 4) is 0 Å². The van der Waals surface area contributed by atoms with Crippen molar-refractivity contribution in [2.24, 2.45) is 0 Å². The van der Waals surface area contributed by atoms with Gasteiger partial charge in [0, 0.05) is 12.8 Å². The number of carbonyl (C=O) groups excluding carboxylic acids is 2. The normalized spacial score (nSPS) is 14.2. The van der Waals surface area contributed by atoms with Crippen LogP contribution < -0.4 is 10.2 Å². The summed E-state index contributed by atoms with van der Waals surface area (Å²) in [5.41, 5.74) is 0. The Labute approximate surface area is 482 Å². The molecule has 0 rings (SSSR count). The Morgan fingerprint density at radius 2 is 0.821 bits per heavy atom. The highest BCUT2D eigenvalue weighted by atomic mass is 31.2. The van der Waals surface area contributed by atoms with E-state index in [1.807, 2.05) is 33.3 Å². The van der Waals surface area contributed by atoms with Crippen molar-refractivity contribution in [3.05, 3.63) is 85.1 Å². The van der Waals surface area contributed by atoms with Crippen LogP contribution in [0.5, 0.6) is 0 Å².